The number of esters is 2. The maximum absolute atomic E-state index is 12.4. The first kappa shape index (κ1) is 23.8. The zero-order valence-electron chi connectivity index (χ0n) is 17.8. The van der Waals surface area contributed by atoms with E-state index in [9.17, 15) is 30.0 Å². The quantitative estimate of drug-likeness (QED) is 0.358. The molecule has 1 saturated heterocycles. The van der Waals surface area contributed by atoms with Crippen molar-refractivity contribution >= 4 is 29.6 Å². The van der Waals surface area contributed by atoms with Crippen LogP contribution in [0.25, 0.3) is 6.08 Å². The maximum atomic E-state index is 12.4. The third-order valence-corrected chi connectivity index (χ3v) is 5.84. The second-order valence-corrected chi connectivity index (χ2v) is 8.14. The van der Waals surface area contributed by atoms with Gasteiger partial charge in [-0.2, -0.15) is 0 Å². The number of ether oxygens (including phenoxy) is 4. The number of hydrogen-bond donors (Lipinski definition) is 4. The minimum atomic E-state index is -1.61. The van der Waals surface area contributed by atoms with E-state index in [1.54, 1.807) is 24.3 Å². The minimum absolute atomic E-state index is 0.0826. The molecule has 0 saturated carbocycles. The highest BCUT2D eigenvalue weighted by molar-refractivity contribution is 6.30. The molecule has 10 nitrogen and oxygen atoms in total. The molecule has 4 rings (SSSR count). The molecule has 0 unspecified atom stereocenters. The first-order chi connectivity index (χ1) is 16.2. The van der Waals surface area contributed by atoms with Gasteiger partial charge in [0.15, 0.2) is 17.6 Å². The zero-order chi connectivity index (χ0) is 24.6. The number of hydrogen-bond acceptors (Lipinski definition) is 10. The van der Waals surface area contributed by atoms with Gasteiger partial charge in [-0.15, -0.1) is 0 Å². The number of aromatic hydroxyl groups is 2. The van der Waals surface area contributed by atoms with Gasteiger partial charge in [0.1, 0.15) is 31.0 Å². The lowest BCUT2D eigenvalue weighted by Gasteiger charge is -2.44. The zero-order valence-corrected chi connectivity index (χ0v) is 18.5. The number of benzene rings is 2. The smallest absolute Gasteiger partial charge is 0.339 e. The van der Waals surface area contributed by atoms with Crippen molar-refractivity contribution in [3.8, 4) is 17.2 Å². The van der Waals surface area contributed by atoms with Crippen LogP contribution in [0.2, 0.25) is 5.02 Å². The summed E-state index contributed by atoms with van der Waals surface area (Å²) in [6.07, 6.45) is -4.29. The fourth-order valence-electron chi connectivity index (χ4n) is 3.89. The van der Waals surface area contributed by atoms with Crippen LogP contribution in [0.4, 0.5) is 0 Å². The van der Waals surface area contributed by atoms with Crippen LogP contribution >= 0.6 is 11.6 Å². The van der Waals surface area contributed by atoms with Gasteiger partial charge in [-0.1, -0.05) is 23.7 Å². The molecule has 0 radical (unpaired) electrons. The fourth-order valence-corrected chi connectivity index (χ4v) is 4.01. The first-order valence-corrected chi connectivity index (χ1v) is 10.5. The van der Waals surface area contributed by atoms with Crippen LogP contribution in [0.3, 0.4) is 0 Å². The minimum Gasteiger partial charge on any atom is -0.504 e. The molecule has 0 aromatic heterocycles. The predicted octanol–water partition coefficient (Wildman–Crippen LogP) is 1.72. The highest BCUT2D eigenvalue weighted by Crippen LogP contribution is 2.49. The molecule has 2 aromatic rings. The van der Waals surface area contributed by atoms with E-state index in [-0.39, 0.29) is 16.9 Å². The highest BCUT2D eigenvalue weighted by atomic mass is 35.5. The van der Waals surface area contributed by atoms with Gasteiger partial charge in [0.25, 0.3) is 0 Å². The third-order valence-electron chi connectivity index (χ3n) is 5.58. The Bertz CT molecular complexity index is 1130. The molecule has 5 atom stereocenters. The lowest BCUT2D eigenvalue weighted by atomic mass is 9.86. The lowest BCUT2D eigenvalue weighted by Crippen LogP contribution is -2.58. The van der Waals surface area contributed by atoms with E-state index in [1.165, 1.54) is 19.3 Å². The van der Waals surface area contributed by atoms with E-state index in [2.05, 4.69) is 0 Å². The van der Waals surface area contributed by atoms with Crippen molar-refractivity contribution in [3.05, 3.63) is 58.1 Å². The van der Waals surface area contributed by atoms with Gasteiger partial charge in [-0.05, 0) is 29.8 Å². The number of aliphatic hydroxyl groups excluding tert-OH is 2. The lowest BCUT2D eigenvalue weighted by molar-refractivity contribution is -0.237. The van der Waals surface area contributed by atoms with Crippen LogP contribution < -0.4 is 4.74 Å². The normalized spacial score (nSPS) is 25.9. The number of fused-ring (bicyclic) bond motifs is 3. The first-order valence-electron chi connectivity index (χ1n) is 10.2. The van der Waals surface area contributed by atoms with Crippen molar-refractivity contribution in [3.63, 3.8) is 0 Å². The molecule has 4 N–H and O–H groups in total. The standard InChI is InChI=1S/C23H21ClO10/c1-31-20-13(25)8-12-16(18(20)28)21-22(34-23(12)30)19(29)17(27)14(33-21)9-32-15(26)7-4-10-2-5-11(24)6-3-10/h2-8,14,17,19,21-22,25,27-29H,9H2,1H3/b7-4+/t14-,17-,19+,21+,22-/m1/s1. The molecule has 2 aliphatic heterocycles. The van der Waals surface area contributed by atoms with Gasteiger partial charge in [0.05, 0.1) is 12.7 Å². The number of phenolic OH excluding ortho intramolecular Hbond substituents is 2. The Morgan fingerprint density at radius 3 is 2.56 bits per heavy atom. The SMILES string of the molecule is COc1c(O)cc2c(c1O)[C@@H]1O[C@H](COC(=O)/C=C/c3ccc(Cl)cc3)[C@@H](O)[C@H](O)[C@H]1OC2=O. The summed E-state index contributed by atoms with van der Waals surface area (Å²) < 4.78 is 21.1. The molecule has 2 aliphatic rings. The number of rotatable bonds is 5. The topological polar surface area (TPSA) is 152 Å². The second kappa shape index (κ2) is 9.51. The molecular formula is C23H21ClO10. The molecule has 0 spiro atoms. The van der Waals surface area contributed by atoms with E-state index in [1.807, 2.05) is 0 Å². The van der Waals surface area contributed by atoms with Gasteiger partial charge in [-0.25, -0.2) is 9.59 Å². The van der Waals surface area contributed by atoms with Crippen molar-refractivity contribution in [2.24, 2.45) is 0 Å². The Hall–Kier alpha value is -3.31. The van der Waals surface area contributed by atoms with Gasteiger partial charge in [-0.3, -0.25) is 0 Å². The van der Waals surface area contributed by atoms with Gasteiger partial charge in [0.2, 0.25) is 5.75 Å². The van der Waals surface area contributed by atoms with Gasteiger partial charge >= 0.3 is 11.9 Å². The van der Waals surface area contributed by atoms with Crippen LogP contribution in [-0.2, 0) is 19.0 Å². The number of aliphatic hydroxyl groups is 2. The summed E-state index contributed by atoms with van der Waals surface area (Å²) >= 11 is 5.82. The van der Waals surface area contributed by atoms with Gasteiger partial charge in [0, 0.05) is 16.7 Å². The highest BCUT2D eigenvalue weighted by Gasteiger charge is 2.52. The summed E-state index contributed by atoms with van der Waals surface area (Å²) in [6, 6.07) is 7.78. The fraction of sp³-hybridized carbons (Fsp3) is 0.304. The summed E-state index contributed by atoms with van der Waals surface area (Å²) in [4.78, 5) is 24.5. The Balaban J connectivity index is 1.52. The van der Waals surface area contributed by atoms with Crippen LogP contribution in [0, 0.1) is 0 Å². The van der Waals surface area contributed by atoms with Crippen LogP contribution in [0.1, 0.15) is 27.6 Å². The predicted molar refractivity (Wildman–Crippen MR) is 117 cm³/mol. The van der Waals surface area contributed by atoms with Crippen molar-refractivity contribution in [2.45, 2.75) is 30.5 Å². The molecule has 2 heterocycles. The van der Waals surface area contributed by atoms with Crippen molar-refractivity contribution in [1.82, 2.24) is 0 Å². The largest absolute Gasteiger partial charge is 0.504 e. The molecule has 1 fully saturated rings. The van der Waals surface area contributed by atoms with Gasteiger partial charge < -0.3 is 39.4 Å². The molecule has 0 aliphatic carbocycles. The molecule has 0 amide bonds. The van der Waals surface area contributed by atoms with Crippen molar-refractivity contribution < 1.29 is 49.0 Å². The summed E-state index contributed by atoms with van der Waals surface area (Å²) in [5.41, 5.74) is 0.435. The summed E-state index contributed by atoms with van der Waals surface area (Å²) in [5.74, 6) is -3.03. The van der Waals surface area contributed by atoms with Crippen molar-refractivity contribution in [2.75, 3.05) is 13.7 Å². The van der Waals surface area contributed by atoms with E-state index in [0.29, 0.717) is 10.6 Å². The van der Waals surface area contributed by atoms with E-state index in [4.69, 9.17) is 30.5 Å². The van der Waals surface area contributed by atoms with Crippen LogP contribution in [0.15, 0.2) is 36.4 Å². The summed E-state index contributed by atoms with van der Waals surface area (Å²) in [6.45, 7) is -0.440. The van der Waals surface area contributed by atoms with Crippen molar-refractivity contribution in [1.29, 1.82) is 0 Å². The number of phenols is 2. The molecular weight excluding hydrogens is 472 g/mol. The third kappa shape index (κ3) is 4.40. The molecule has 2 aromatic carbocycles. The molecule has 180 valence electrons. The Morgan fingerprint density at radius 2 is 1.88 bits per heavy atom. The molecule has 0 bridgehead atoms. The van der Waals surface area contributed by atoms with E-state index in [0.717, 1.165) is 6.07 Å². The number of halogens is 1. The Morgan fingerprint density at radius 1 is 1.18 bits per heavy atom. The summed E-state index contributed by atoms with van der Waals surface area (Å²) in [5, 5.41) is 42.2. The average molecular weight is 493 g/mol. The van der Waals surface area contributed by atoms with E-state index >= 15 is 0 Å². The number of carbonyl (C=O) groups excluding carboxylic acids is 2. The Labute approximate surface area is 198 Å². The summed E-state index contributed by atoms with van der Waals surface area (Å²) in [7, 11) is 1.21. The second-order valence-electron chi connectivity index (χ2n) is 7.70. The Kier molecular flexibility index (Phi) is 6.67. The van der Waals surface area contributed by atoms with Crippen LogP contribution in [-0.4, -0.2) is 70.5 Å². The van der Waals surface area contributed by atoms with E-state index < -0.39 is 60.6 Å². The molecule has 34 heavy (non-hydrogen) atoms. The molecule has 11 heteroatoms. The maximum Gasteiger partial charge on any atom is 0.339 e. The average Bonchev–Trinajstić information content (AvgIpc) is 2.81. The number of carbonyl (C=O) groups is 2. The van der Waals surface area contributed by atoms with Crippen LogP contribution in [0.5, 0.6) is 17.2 Å². The monoisotopic (exact) mass is 492 g/mol. The number of methoxy groups -OCH3 is 1.